The number of ether oxygens (including phenoxy) is 1. The standard InChI is InChI=1S/C11H9Cl3N2O6S/c12-11(13,14)9(20)15-10(21)22-3-4-1-5(8(18)19)16-6(17)2-7(16)23-4/h1,4,7H,2-3H2,(H,18,19)(H,15,20,21)/t4?,7-/m1/s1. The summed E-state index contributed by atoms with van der Waals surface area (Å²) in [5, 5.41) is 10.0. The van der Waals surface area contributed by atoms with Gasteiger partial charge in [0.1, 0.15) is 12.3 Å². The maximum Gasteiger partial charge on any atom is 0.414 e. The van der Waals surface area contributed by atoms with Crippen LogP contribution >= 0.6 is 46.6 Å². The van der Waals surface area contributed by atoms with E-state index in [9.17, 15) is 19.2 Å². The summed E-state index contributed by atoms with van der Waals surface area (Å²) in [6.45, 7) is -0.209. The van der Waals surface area contributed by atoms with Gasteiger partial charge in [-0.15, -0.1) is 11.8 Å². The molecule has 0 radical (unpaired) electrons. The van der Waals surface area contributed by atoms with E-state index in [1.54, 1.807) is 5.32 Å². The second kappa shape index (κ2) is 6.76. The Morgan fingerprint density at radius 2 is 2.09 bits per heavy atom. The predicted octanol–water partition coefficient (Wildman–Crippen LogP) is 1.25. The van der Waals surface area contributed by atoms with Crippen LogP contribution in [0.25, 0.3) is 0 Å². The average molecular weight is 404 g/mol. The lowest BCUT2D eigenvalue weighted by atomic mass is 10.1. The number of hydrogen-bond donors (Lipinski definition) is 2. The number of carboxylic acid groups (broad SMARTS) is 1. The van der Waals surface area contributed by atoms with Crippen molar-refractivity contribution in [1.29, 1.82) is 0 Å². The third-order valence-electron chi connectivity index (χ3n) is 2.91. The SMILES string of the molecule is O=C(NC(=O)C(Cl)(Cl)Cl)OCC1C=C(C(=O)O)N2C(=O)C[C@H]2S1. The Labute approximate surface area is 149 Å². The first kappa shape index (κ1) is 18.2. The molecule has 3 amide bonds. The number of β-lactam (4-membered cyclic amide) rings is 1. The molecule has 126 valence electrons. The van der Waals surface area contributed by atoms with Crippen molar-refractivity contribution in [2.45, 2.75) is 20.8 Å². The molecule has 0 aliphatic carbocycles. The van der Waals surface area contributed by atoms with Crippen molar-refractivity contribution in [1.82, 2.24) is 10.2 Å². The highest BCUT2D eigenvalue weighted by molar-refractivity contribution is 8.00. The fourth-order valence-corrected chi connectivity index (χ4v) is 3.39. The first-order chi connectivity index (χ1) is 10.6. The molecule has 12 heteroatoms. The summed E-state index contributed by atoms with van der Waals surface area (Å²) < 4.78 is 2.50. The van der Waals surface area contributed by atoms with Crippen LogP contribution < -0.4 is 5.32 Å². The summed E-state index contributed by atoms with van der Waals surface area (Å²) in [6, 6.07) is 0. The molecule has 23 heavy (non-hydrogen) atoms. The Bertz CT molecular complexity index is 605. The molecule has 8 nitrogen and oxygen atoms in total. The van der Waals surface area contributed by atoms with Crippen LogP contribution in [0.1, 0.15) is 6.42 Å². The molecule has 2 N–H and O–H groups in total. The van der Waals surface area contributed by atoms with Crippen molar-refractivity contribution in [3.8, 4) is 0 Å². The predicted molar refractivity (Wildman–Crippen MR) is 82.1 cm³/mol. The van der Waals surface area contributed by atoms with Gasteiger partial charge in [-0.25, -0.2) is 9.59 Å². The molecule has 0 bridgehead atoms. The molecule has 1 saturated heterocycles. The largest absolute Gasteiger partial charge is 0.477 e. The van der Waals surface area contributed by atoms with E-state index in [0.717, 1.165) is 0 Å². The number of thioether (sulfide) groups is 1. The first-order valence-electron chi connectivity index (χ1n) is 6.07. The molecule has 0 aromatic rings. The Hall–Kier alpha value is -1.16. The monoisotopic (exact) mass is 402 g/mol. The number of hydrogen-bond acceptors (Lipinski definition) is 6. The summed E-state index contributed by atoms with van der Waals surface area (Å²) >= 11 is 17.1. The molecule has 1 unspecified atom stereocenters. The number of alkyl halides is 3. The Balaban J connectivity index is 1.92. The van der Waals surface area contributed by atoms with Crippen LogP contribution in [0.5, 0.6) is 0 Å². The summed E-state index contributed by atoms with van der Waals surface area (Å²) in [6.07, 6.45) is 0.397. The zero-order valence-corrected chi connectivity index (χ0v) is 14.2. The average Bonchev–Trinajstić information content (AvgIpc) is 2.42. The number of alkyl carbamates (subject to hydrolysis) is 1. The van der Waals surface area contributed by atoms with E-state index < -0.39 is 27.0 Å². The summed E-state index contributed by atoms with van der Waals surface area (Å²) in [5.74, 6) is -2.69. The fraction of sp³-hybridized carbons (Fsp3) is 0.455. The number of rotatable bonds is 3. The molecular weight excluding hydrogens is 395 g/mol. The lowest BCUT2D eigenvalue weighted by Gasteiger charge is -2.44. The van der Waals surface area contributed by atoms with Crippen LogP contribution in [-0.2, 0) is 19.1 Å². The van der Waals surface area contributed by atoms with Gasteiger partial charge in [0.2, 0.25) is 5.91 Å². The smallest absolute Gasteiger partial charge is 0.414 e. The minimum absolute atomic E-state index is 0.156. The van der Waals surface area contributed by atoms with E-state index in [1.807, 2.05) is 0 Å². The Kier molecular flexibility index (Phi) is 5.34. The first-order valence-corrected chi connectivity index (χ1v) is 8.15. The summed E-state index contributed by atoms with van der Waals surface area (Å²) in [4.78, 5) is 46.4. The van der Waals surface area contributed by atoms with Crippen molar-refractivity contribution < 1.29 is 29.0 Å². The van der Waals surface area contributed by atoms with Crippen LogP contribution in [0.15, 0.2) is 11.8 Å². The van der Waals surface area contributed by atoms with Gasteiger partial charge < -0.3 is 9.84 Å². The maximum absolute atomic E-state index is 11.4. The normalized spacial score (nSPS) is 23.3. The van der Waals surface area contributed by atoms with Gasteiger partial charge in [0.25, 0.3) is 9.70 Å². The van der Waals surface area contributed by atoms with Gasteiger partial charge in [0.05, 0.1) is 17.0 Å². The highest BCUT2D eigenvalue weighted by Crippen LogP contribution is 2.40. The highest BCUT2D eigenvalue weighted by atomic mass is 35.6. The number of carbonyl (C=O) groups is 4. The fourth-order valence-electron chi connectivity index (χ4n) is 1.90. The second-order valence-corrected chi connectivity index (χ2v) is 8.21. The van der Waals surface area contributed by atoms with Gasteiger partial charge in [-0.2, -0.15) is 0 Å². The summed E-state index contributed by atoms with van der Waals surface area (Å²) in [5.41, 5.74) is -0.156. The van der Waals surface area contributed by atoms with E-state index in [1.165, 1.54) is 22.7 Å². The number of halogens is 3. The molecule has 0 spiro atoms. The van der Waals surface area contributed by atoms with E-state index in [-0.39, 0.29) is 30.0 Å². The van der Waals surface area contributed by atoms with Crippen molar-refractivity contribution in [2.75, 3.05) is 6.61 Å². The number of aliphatic carboxylic acids is 1. The van der Waals surface area contributed by atoms with Crippen LogP contribution in [0, 0.1) is 0 Å². The lowest BCUT2D eigenvalue weighted by Crippen LogP contribution is -2.54. The van der Waals surface area contributed by atoms with Crippen molar-refractivity contribution >= 4 is 70.4 Å². The molecule has 0 aromatic heterocycles. The van der Waals surface area contributed by atoms with Crippen LogP contribution in [0.2, 0.25) is 0 Å². The molecule has 1 fully saturated rings. The van der Waals surface area contributed by atoms with Gasteiger partial charge in [0.15, 0.2) is 0 Å². The molecule has 0 aromatic carbocycles. The zero-order chi connectivity index (χ0) is 17.4. The van der Waals surface area contributed by atoms with E-state index in [2.05, 4.69) is 0 Å². The van der Waals surface area contributed by atoms with Gasteiger partial charge in [-0.1, -0.05) is 34.8 Å². The van der Waals surface area contributed by atoms with Crippen molar-refractivity contribution in [2.24, 2.45) is 0 Å². The number of nitrogens with zero attached hydrogens (tertiary/aromatic N) is 1. The maximum atomic E-state index is 11.4. The van der Waals surface area contributed by atoms with Crippen LogP contribution in [0.4, 0.5) is 4.79 Å². The minimum Gasteiger partial charge on any atom is -0.477 e. The third-order valence-corrected chi connectivity index (χ3v) is 4.74. The molecule has 2 atom stereocenters. The highest BCUT2D eigenvalue weighted by Gasteiger charge is 2.45. The molecule has 2 aliphatic rings. The lowest BCUT2D eigenvalue weighted by molar-refractivity contribution is -0.146. The summed E-state index contributed by atoms with van der Waals surface area (Å²) in [7, 11) is 0. The van der Waals surface area contributed by atoms with Gasteiger partial charge in [0, 0.05) is 0 Å². The van der Waals surface area contributed by atoms with Crippen LogP contribution in [-0.4, -0.2) is 54.9 Å². The number of amides is 3. The molecule has 2 heterocycles. The molecular formula is C11H9Cl3N2O6S. The number of carboxylic acids is 1. The second-order valence-electron chi connectivity index (χ2n) is 4.50. The topological polar surface area (TPSA) is 113 Å². The Morgan fingerprint density at radius 3 is 2.61 bits per heavy atom. The minimum atomic E-state index is -2.30. The quantitative estimate of drug-likeness (QED) is 0.538. The number of fused-ring (bicyclic) bond motifs is 1. The number of carbonyl (C=O) groups excluding carboxylic acids is 3. The van der Waals surface area contributed by atoms with E-state index in [0.29, 0.717) is 0 Å². The van der Waals surface area contributed by atoms with E-state index >= 15 is 0 Å². The van der Waals surface area contributed by atoms with Gasteiger partial charge in [-0.3, -0.25) is 19.8 Å². The van der Waals surface area contributed by atoms with E-state index in [4.69, 9.17) is 44.6 Å². The Morgan fingerprint density at radius 1 is 1.43 bits per heavy atom. The molecule has 2 aliphatic heterocycles. The van der Waals surface area contributed by atoms with Gasteiger partial charge in [-0.05, 0) is 6.08 Å². The zero-order valence-electron chi connectivity index (χ0n) is 11.1. The molecule has 2 rings (SSSR count). The van der Waals surface area contributed by atoms with Crippen molar-refractivity contribution in [3.05, 3.63) is 11.8 Å². The number of nitrogens with one attached hydrogen (secondary N) is 1. The van der Waals surface area contributed by atoms with Gasteiger partial charge >= 0.3 is 12.1 Å². The third kappa shape index (κ3) is 4.23. The molecule has 0 saturated carbocycles. The van der Waals surface area contributed by atoms with Crippen LogP contribution in [0.3, 0.4) is 0 Å². The number of imide groups is 1. The van der Waals surface area contributed by atoms with Crippen molar-refractivity contribution in [3.63, 3.8) is 0 Å².